The van der Waals surface area contributed by atoms with Gasteiger partial charge in [0.05, 0.1) is 17.6 Å². The molecule has 2 rings (SSSR count). The predicted molar refractivity (Wildman–Crippen MR) is 53.5 cm³/mol. The Balaban J connectivity index is 2.65. The number of nitrogens with zero attached hydrogens (tertiary/aromatic N) is 1. The van der Waals surface area contributed by atoms with Gasteiger partial charge in [0.1, 0.15) is 0 Å². The van der Waals surface area contributed by atoms with E-state index in [0.717, 1.165) is 11.0 Å². The lowest BCUT2D eigenvalue weighted by Crippen LogP contribution is -2.12. The number of rotatable bonds is 2. The Labute approximate surface area is 80.6 Å². The molecule has 4 nitrogen and oxygen atoms in total. The van der Waals surface area contributed by atoms with Gasteiger partial charge in [0.25, 0.3) is 5.88 Å². The van der Waals surface area contributed by atoms with Crippen molar-refractivity contribution < 1.29 is 4.74 Å². The summed E-state index contributed by atoms with van der Waals surface area (Å²) in [5.41, 5.74) is 1.17. The Morgan fingerprint density at radius 2 is 2.21 bits per heavy atom. The minimum atomic E-state index is -0.287. The first-order valence-electron chi connectivity index (χ1n) is 4.43. The zero-order chi connectivity index (χ0) is 9.97. The van der Waals surface area contributed by atoms with Gasteiger partial charge in [-0.05, 0) is 19.1 Å². The molecule has 0 saturated heterocycles. The molecule has 0 spiro atoms. The van der Waals surface area contributed by atoms with Gasteiger partial charge in [0.2, 0.25) is 0 Å². The van der Waals surface area contributed by atoms with Crippen LogP contribution < -0.4 is 10.3 Å². The summed E-state index contributed by atoms with van der Waals surface area (Å²) in [5.74, 6) is 0.131. The second-order valence-electron chi connectivity index (χ2n) is 2.82. The van der Waals surface area contributed by atoms with E-state index in [1.807, 2.05) is 25.1 Å². The molecule has 2 aromatic rings. The highest BCUT2D eigenvalue weighted by atomic mass is 16.5. The third kappa shape index (κ3) is 1.46. The molecule has 0 bridgehead atoms. The minimum absolute atomic E-state index is 0.131. The van der Waals surface area contributed by atoms with E-state index >= 15 is 0 Å². The molecule has 0 radical (unpaired) electrons. The lowest BCUT2D eigenvalue weighted by molar-refractivity contribution is 0.323. The Morgan fingerprint density at radius 1 is 1.43 bits per heavy atom. The number of hydrogen-bond acceptors (Lipinski definition) is 3. The van der Waals surface area contributed by atoms with E-state index in [0.29, 0.717) is 6.61 Å². The molecule has 0 amide bonds. The molecule has 0 unspecified atom stereocenters. The summed E-state index contributed by atoms with van der Waals surface area (Å²) in [7, 11) is 0. The first-order chi connectivity index (χ1) is 6.81. The number of para-hydroxylation sites is 2. The molecule has 1 aromatic heterocycles. The molecule has 14 heavy (non-hydrogen) atoms. The highest BCUT2D eigenvalue weighted by molar-refractivity contribution is 5.73. The quantitative estimate of drug-likeness (QED) is 0.777. The molecular formula is C10H10N2O2. The summed E-state index contributed by atoms with van der Waals surface area (Å²) in [6.07, 6.45) is 0. The summed E-state index contributed by atoms with van der Waals surface area (Å²) in [4.78, 5) is 18.2. The second kappa shape index (κ2) is 3.49. The lowest BCUT2D eigenvalue weighted by atomic mass is 10.3. The van der Waals surface area contributed by atoms with Crippen molar-refractivity contribution in [3.63, 3.8) is 0 Å². The summed E-state index contributed by atoms with van der Waals surface area (Å²) in [6, 6.07) is 7.34. The van der Waals surface area contributed by atoms with Crippen molar-refractivity contribution in [3.8, 4) is 5.88 Å². The fourth-order valence-corrected chi connectivity index (χ4v) is 1.25. The number of benzene rings is 1. The second-order valence-corrected chi connectivity index (χ2v) is 2.82. The van der Waals surface area contributed by atoms with Crippen molar-refractivity contribution in [2.24, 2.45) is 0 Å². The normalized spacial score (nSPS) is 10.4. The number of H-pyrrole nitrogens is 1. The van der Waals surface area contributed by atoms with Crippen molar-refractivity contribution in [1.82, 2.24) is 9.97 Å². The molecule has 72 valence electrons. The average Bonchev–Trinajstić information content (AvgIpc) is 2.19. The van der Waals surface area contributed by atoms with E-state index in [4.69, 9.17) is 4.74 Å². The molecule has 1 aromatic carbocycles. The highest BCUT2D eigenvalue weighted by Crippen LogP contribution is 2.08. The standard InChI is InChI=1S/C10H10N2O2/c1-2-14-10-9(13)11-7-5-3-4-6-8(7)12-10/h3-6H,2H2,1H3,(H,11,13). The van der Waals surface area contributed by atoms with Gasteiger partial charge in [-0.1, -0.05) is 12.1 Å². The highest BCUT2D eigenvalue weighted by Gasteiger charge is 2.03. The first-order valence-corrected chi connectivity index (χ1v) is 4.43. The molecule has 0 aliphatic heterocycles. The number of hydrogen-bond donors (Lipinski definition) is 1. The van der Waals surface area contributed by atoms with Crippen LogP contribution in [0.3, 0.4) is 0 Å². The SMILES string of the molecule is CCOc1nc2ccccc2[nH]c1=O. The van der Waals surface area contributed by atoms with Crippen LogP contribution in [0.5, 0.6) is 5.88 Å². The van der Waals surface area contributed by atoms with Crippen LogP contribution in [0.2, 0.25) is 0 Å². The van der Waals surface area contributed by atoms with Gasteiger partial charge in [0, 0.05) is 0 Å². The summed E-state index contributed by atoms with van der Waals surface area (Å²) in [5, 5.41) is 0. The summed E-state index contributed by atoms with van der Waals surface area (Å²) in [6.45, 7) is 2.25. The van der Waals surface area contributed by atoms with Crippen LogP contribution in [0.1, 0.15) is 6.92 Å². The van der Waals surface area contributed by atoms with E-state index in [2.05, 4.69) is 9.97 Å². The minimum Gasteiger partial charge on any atom is -0.474 e. The Hall–Kier alpha value is -1.84. The number of ether oxygens (including phenoxy) is 1. The summed E-state index contributed by atoms with van der Waals surface area (Å²) >= 11 is 0. The van der Waals surface area contributed by atoms with Crippen molar-refractivity contribution in [2.75, 3.05) is 6.61 Å². The van der Waals surface area contributed by atoms with Gasteiger partial charge < -0.3 is 9.72 Å². The van der Waals surface area contributed by atoms with Gasteiger partial charge in [-0.3, -0.25) is 4.79 Å². The van der Waals surface area contributed by atoms with Crippen LogP contribution in [0.4, 0.5) is 0 Å². The van der Waals surface area contributed by atoms with E-state index in [9.17, 15) is 4.79 Å². The fraction of sp³-hybridized carbons (Fsp3) is 0.200. The van der Waals surface area contributed by atoms with Crippen LogP contribution in [0.15, 0.2) is 29.1 Å². The maximum Gasteiger partial charge on any atom is 0.311 e. The van der Waals surface area contributed by atoms with E-state index < -0.39 is 0 Å². The fourth-order valence-electron chi connectivity index (χ4n) is 1.25. The molecule has 4 heteroatoms. The Morgan fingerprint density at radius 3 is 3.00 bits per heavy atom. The molecule has 1 heterocycles. The van der Waals surface area contributed by atoms with Crippen LogP contribution in [0, 0.1) is 0 Å². The average molecular weight is 190 g/mol. The molecule has 0 saturated carbocycles. The van der Waals surface area contributed by atoms with E-state index in [1.165, 1.54) is 0 Å². The third-order valence-electron chi connectivity index (χ3n) is 1.85. The van der Waals surface area contributed by atoms with Gasteiger partial charge in [0.15, 0.2) is 0 Å². The number of aromatic nitrogens is 2. The predicted octanol–water partition coefficient (Wildman–Crippen LogP) is 1.32. The Kier molecular flexibility index (Phi) is 2.18. The van der Waals surface area contributed by atoms with Crippen molar-refractivity contribution in [3.05, 3.63) is 34.6 Å². The van der Waals surface area contributed by atoms with Crippen LogP contribution >= 0.6 is 0 Å². The maximum absolute atomic E-state index is 11.4. The number of aromatic amines is 1. The summed E-state index contributed by atoms with van der Waals surface area (Å²) < 4.78 is 5.09. The first kappa shape index (κ1) is 8.74. The molecule has 0 atom stereocenters. The molecule has 0 fully saturated rings. The zero-order valence-corrected chi connectivity index (χ0v) is 7.78. The monoisotopic (exact) mass is 190 g/mol. The lowest BCUT2D eigenvalue weighted by Gasteiger charge is -2.01. The van der Waals surface area contributed by atoms with Crippen molar-refractivity contribution >= 4 is 11.0 Å². The van der Waals surface area contributed by atoms with Gasteiger partial charge in [-0.2, -0.15) is 0 Å². The van der Waals surface area contributed by atoms with Gasteiger partial charge >= 0.3 is 5.56 Å². The molecule has 1 N–H and O–H groups in total. The van der Waals surface area contributed by atoms with Gasteiger partial charge in [-0.15, -0.1) is 0 Å². The van der Waals surface area contributed by atoms with Crippen molar-refractivity contribution in [2.45, 2.75) is 6.92 Å². The molecular weight excluding hydrogens is 180 g/mol. The smallest absolute Gasteiger partial charge is 0.311 e. The van der Waals surface area contributed by atoms with Gasteiger partial charge in [-0.25, -0.2) is 4.98 Å². The molecule has 0 aliphatic rings. The Bertz CT molecular complexity index is 505. The van der Waals surface area contributed by atoms with Crippen LogP contribution in [-0.2, 0) is 0 Å². The number of nitrogens with one attached hydrogen (secondary N) is 1. The largest absolute Gasteiger partial charge is 0.474 e. The van der Waals surface area contributed by atoms with Crippen molar-refractivity contribution in [1.29, 1.82) is 0 Å². The van der Waals surface area contributed by atoms with E-state index in [-0.39, 0.29) is 11.4 Å². The zero-order valence-electron chi connectivity index (χ0n) is 7.78. The third-order valence-corrected chi connectivity index (χ3v) is 1.85. The van der Waals surface area contributed by atoms with Crippen LogP contribution in [0.25, 0.3) is 11.0 Å². The van der Waals surface area contributed by atoms with Crippen LogP contribution in [-0.4, -0.2) is 16.6 Å². The molecule has 0 aliphatic carbocycles. The number of fused-ring (bicyclic) bond motifs is 1. The topological polar surface area (TPSA) is 55.0 Å². The van der Waals surface area contributed by atoms with E-state index in [1.54, 1.807) is 6.07 Å². The maximum atomic E-state index is 11.4.